The maximum Gasteiger partial charge on any atom is 0.264 e. The van der Waals surface area contributed by atoms with Crippen molar-refractivity contribution in [1.82, 2.24) is 24.8 Å². The zero-order valence-electron chi connectivity index (χ0n) is 28.7. The molecule has 4 heterocycles. The number of nitrogens with one attached hydrogen (secondary N) is 1. The SMILES string of the molecule is Cc1cccc(C)c1-c1cc2nc(n1)NS(=O)(=O)c1cccc(c1)C(=O)N(Cc1ncc(N3CCC(C)(C)C3)cn1)[C@H](CC1(C)CC1)CO2. The number of carbonyl (C=O) groups excluding carboxylic acids is 1. The van der Waals surface area contributed by atoms with E-state index in [1.54, 1.807) is 23.1 Å². The van der Waals surface area contributed by atoms with Gasteiger partial charge < -0.3 is 14.5 Å². The summed E-state index contributed by atoms with van der Waals surface area (Å²) in [6.45, 7) is 12.9. The highest BCUT2D eigenvalue weighted by molar-refractivity contribution is 7.92. The molecule has 12 heteroatoms. The van der Waals surface area contributed by atoms with E-state index in [4.69, 9.17) is 14.7 Å². The molecule has 2 aromatic carbocycles. The van der Waals surface area contributed by atoms with Gasteiger partial charge in [-0.15, -0.1) is 0 Å². The first-order chi connectivity index (χ1) is 23.3. The van der Waals surface area contributed by atoms with Crippen LogP contribution >= 0.6 is 0 Å². The van der Waals surface area contributed by atoms with E-state index >= 15 is 0 Å². The van der Waals surface area contributed by atoms with Crippen LogP contribution in [0.1, 0.15) is 73.8 Å². The summed E-state index contributed by atoms with van der Waals surface area (Å²) in [4.78, 5) is 37.0. The first kappa shape index (κ1) is 32.9. The zero-order valence-corrected chi connectivity index (χ0v) is 29.5. The van der Waals surface area contributed by atoms with Crippen molar-refractivity contribution in [2.75, 3.05) is 29.3 Å². The number of benzene rings is 2. The van der Waals surface area contributed by atoms with E-state index in [9.17, 15) is 13.2 Å². The second-order valence-corrected chi connectivity index (χ2v) is 16.6. The van der Waals surface area contributed by atoms with Crippen LogP contribution in [0.15, 0.2) is 65.8 Å². The first-order valence-corrected chi connectivity index (χ1v) is 18.3. The number of hydrogen-bond acceptors (Lipinski definition) is 9. The fourth-order valence-electron chi connectivity index (χ4n) is 6.90. The van der Waals surface area contributed by atoms with Crippen LogP contribution in [0.4, 0.5) is 11.6 Å². The lowest BCUT2D eigenvalue weighted by atomic mass is 9.93. The van der Waals surface area contributed by atoms with Crippen LogP contribution in [0.5, 0.6) is 5.88 Å². The highest BCUT2D eigenvalue weighted by Crippen LogP contribution is 2.49. The summed E-state index contributed by atoms with van der Waals surface area (Å²) in [6, 6.07) is 13.4. The van der Waals surface area contributed by atoms with Gasteiger partial charge in [-0.25, -0.2) is 28.1 Å². The van der Waals surface area contributed by atoms with Crippen molar-refractivity contribution < 1.29 is 17.9 Å². The van der Waals surface area contributed by atoms with Crippen molar-refractivity contribution in [3.8, 4) is 17.1 Å². The van der Waals surface area contributed by atoms with E-state index in [-0.39, 0.29) is 58.2 Å². The molecule has 1 saturated heterocycles. The molecule has 11 nitrogen and oxygen atoms in total. The first-order valence-electron chi connectivity index (χ1n) is 16.9. The number of fused-ring (bicyclic) bond motifs is 4. The molecule has 49 heavy (non-hydrogen) atoms. The molecule has 2 aliphatic heterocycles. The quantitative estimate of drug-likeness (QED) is 0.254. The highest BCUT2D eigenvalue weighted by Gasteiger charge is 2.42. The van der Waals surface area contributed by atoms with Crippen LogP contribution in [-0.2, 0) is 16.6 Å². The molecular formula is C37H43N7O4S. The third kappa shape index (κ3) is 7.10. The fraction of sp³-hybridized carbons (Fsp3) is 0.432. The van der Waals surface area contributed by atoms with Gasteiger partial charge in [-0.3, -0.25) is 4.79 Å². The molecule has 1 aliphatic carbocycles. The lowest BCUT2D eigenvalue weighted by Gasteiger charge is -2.33. The minimum absolute atomic E-state index is 0.0563. The maximum atomic E-state index is 14.5. The number of nitrogens with zero attached hydrogens (tertiary/aromatic N) is 6. The van der Waals surface area contributed by atoms with Crippen molar-refractivity contribution in [1.29, 1.82) is 0 Å². The zero-order chi connectivity index (χ0) is 34.6. The maximum absolute atomic E-state index is 14.5. The van der Waals surface area contributed by atoms with Gasteiger partial charge in [0.2, 0.25) is 11.8 Å². The summed E-state index contributed by atoms with van der Waals surface area (Å²) in [6.07, 6.45) is 7.56. The molecule has 1 amide bonds. The van der Waals surface area contributed by atoms with Gasteiger partial charge in [0.05, 0.1) is 41.3 Å². The molecule has 0 spiro atoms. The molecule has 4 aromatic rings. The van der Waals surface area contributed by atoms with Crippen LogP contribution in [0.3, 0.4) is 0 Å². The Balaban J connectivity index is 1.29. The smallest absolute Gasteiger partial charge is 0.264 e. The number of amides is 1. The van der Waals surface area contributed by atoms with Crippen molar-refractivity contribution in [2.24, 2.45) is 10.8 Å². The van der Waals surface area contributed by atoms with Crippen molar-refractivity contribution >= 4 is 27.6 Å². The molecule has 1 atom stereocenters. The molecular weight excluding hydrogens is 639 g/mol. The Morgan fingerprint density at radius 1 is 0.959 bits per heavy atom. The van der Waals surface area contributed by atoms with Gasteiger partial charge in [0.1, 0.15) is 12.4 Å². The summed E-state index contributed by atoms with van der Waals surface area (Å²) >= 11 is 0. The summed E-state index contributed by atoms with van der Waals surface area (Å²) in [7, 11) is -4.16. The predicted octanol–water partition coefficient (Wildman–Crippen LogP) is 6.18. The number of rotatable bonds is 6. The second-order valence-electron chi connectivity index (χ2n) is 14.9. The van der Waals surface area contributed by atoms with Crippen LogP contribution in [0.25, 0.3) is 11.3 Å². The topological polar surface area (TPSA) is 131 Å². The number of carbonyl (C=O) groups is 1. The second kappa shape index (κ2) is 12.4. The average molecular weight is 682 g/mol. The van der Waals surface area contributed by atoms with Gasteiger partial charge in [-0.05, 0) is 79.7 Å². The fourth-order valence-corrected chi connectivity index (χ4v) is 7.89. The molecule has 0 radical (unpaired) electrons. The van der Waals surface area contributed by atoms with Crippen molar-refractivity contribution in [3.05, 3.63) is 83.4 Å². The molecule has 2 fully saturated rings. The minimum Gasteiger partial charge on any atom is -0.475 e. The van der Waals surface area contributed by atoms with E-state index in [1.807, 2.05) is 44.4 Å². The lowest BCUT2D eigenvalue weighted by Crippen LogP contribution is -2.45. The Labute approximate surface area is 288 Å². The summed E-state index contributed by atoms with van der Waals surface area (Å²) in [5.41, 5.74) is 4.87. The van der Waals surface area contributed by atoms with Crippen LogP contribution in [0, 0.1) is 24.7 Å². The monoisotopic (exact) mass is 681 g/mol. The standard InChI is InChI=1S/C37H43N7O4S/c1-24-8-6-9-25(2)33(24)30-17-32-41-35(40-30)42-49(46,47)29-11-7-10-26(16-29)34(45)44(27(22-48-32)18-37(5)12-13-37)21-31-38-19-28(20-39-31)43-15-14-36(3,4)23-43/h6-11,16-17,19-20,27H,12-15,18,21-23H2,1-5H3,(H,40,41,42)/t27-/m1/s1. The van der Waals surface area contributed by atoms with Gasteiger partial charge in [-0.2, -0.15) is 4.98 Å². The van der Waals surface area contributed by atoms with Crippen molar-refractivity contribution in [2.45, 2.75) is 77.8 Å². The van der Waals surface area contributed by atoms with Gasteiger partial charge in [0.15, 0.2) is 0 Å². The highest BCUT2D eigenvalue weighted by atomic mass is 32.2. The van der Waals surface area contributed by atoms with Gasteiger partial charge in [-0.1, -0.05) is 45.0 Å². The number of hydrogen-bond donors (Lipinski definition) is 1. The Kier molecular flexibility index (Phi) is 8.33. The molecule has 0 unspecified atom stereocenters. The Bertz CT molecular complexity index is 1990. The third-order valence-electron chi connectivity index (χ3n) is 10.1. The van der Waals surface area contributed by atoms with E-state index in [1.165, 1.54) is 12.1 Å². The Hall–Kier alpha value is -4.58. The molecule has 4 bridgehead atoms. The van der Waals surface area contributed by atoms with E-state index in [0.29, 0.717) is 17.9 Å². The van der Waals surface area contributed by atoms with Crippen LogP contribution in [-0.4, -0.2) is 64.9 Å². The van der Waals surface area contributed by atoms with Crippen LogP contribution < -0.4 is 14.4 Å². The van der Waals surface area contributed by atoms with Gasteiger partial charge in [0, 0.05) is 30.3 Å². The Morgan fingerprint density at radius 2 is 1.67 bits per heavy atom. The van der Waals surface area contributed by atoms with Crippen LogP contribution in [0.2, 0.25) is 0 Å². The normalized spacial score (nSPS) is 20.8. The van der Waals surface area contributed by atoms with E-state index < -0.39 is 10.0 Å². The molecule has 1 N–H and O–H groups in total. The molecule has 2 aromatic heterocycles. The molecule has 1 saturated carbocycles. The summed E-state index contributed by atoms with van der Waals surface area (Å²) in [5, 5.41) is 0. The summed E-state index contributed by atoms with van der Waals surface area (Å²) < 4.78 is 36.3. The van der Waals surface area contributed by atoms with Gasteiger partial charge >= 0.3 is 0 Å². The minimum atomic E-state index is -4.16. The molecule has 7 rings (SSSR count). The van der Waals surface area contributed by atoms with E-state index in [0.717, 1.165) is 54.7 Å². The lowest BCUT2D eigenvalue weighted by molar-refractivity contribution is 0.0533. The predicted molar refractivity (Wildman–Crippen MR) is 188 cm³/mol. The molecule has 3 aliphatic rings. The average Bonchev–Trinajstić information content (AvgIpc) is 3.67. The number of anilines is 2. The van der Waals surface area contributed by atoms with Gasteiger partial charge in [0.25, 0.3) is 15.9 Å². The number of aromatic nitrogens is 4. The number of ether oxygens (including phenoxy) is 1. The Morgan fingerprint density at radius 3 is 2.35 bits per heavy atom. The molecule has 256 valence electrons. The van der Waals surface area contributed by atoms with Crippen molar-refractivity contribution in [3.63, 3.8) is 0 Å². The third-order valence-corrected chi connectivity index (χ3v) is 11.4. The van der Waals surface area contributed by atoms with E-state index in [2.05, 4.69) is 40.4 Å². The number of sulfonamides is 1. The number of aryl methyl sites for hydroxylation is 2. The largest absolute Gasteiger partial charge is 0.475 e. The summed E-state index contributed by atoms with van der Waals surface area (Å²) in [5.74, 6) is 0.280.